The standard InChI is InChI=1S/C22H29N3O3S/c1-3-15-25-16-8-7-14-21(25)22(26)23-18-10-9-13-20(17-18)29(27,28)24(2)19-11-5-4-6-12-19/h4-6,9-13,17,21H,3,7-8,14-16H2,1-2H3,(H,23,26). The van der Waals surface area contributed by atoms with E-state index in [1.165, 1.54) is 17.4 Å². The van der Waals surface area contributed by atoms with Crippen molar-refractivity contribution in [1.82, 2.24) is 4.90 Å². The second kappa shape index (κ2) is 9.41. The first-order valence-corrected chi connectivity index (χ1v) is 11.6. The van der Waals surface area contributed by atoms with Crippen molar-refractivity contribution in [1.29, 1.82) is 0 Å². The van der Waals surface area contributed by atoms with Crippen molar-refractivity contribution >= 4 is 27.3 Å². The van der Waals surface area contributed by atoms with Crippen LogP contribution in [0, 0.1) is 0 Å². The van der Waals surface area contributed by atoms with Crippen molar-refractivity contribution in [3.63, 3.8) is 0 Å². The van der Waals surface area contributed by atoms with Gasteiger partial charge >= 0.3 is 0 Å². The highest BCUT2D eigenvalue weighted by atomic mass is 32.2. The highest BCUT2D eigenvalue weighted by Gasteiger charge is 2.28. The van der Waals surface area contributed by atoms with Gasteiger partial charge in [0.2, 0.25) is 5.91 Å². The molecule has 1 unspecified atom stereocenters. The summed E-state index contributed by atoms with van der Waals surface area (Å²) in [6.45, 7) is 3.94. The molecule has 156 valence electrons. The number of carbonyl (C=O) groups is 1. The van der Waals surface area contributed by atoms with Crippen molar-refractivity contribution in [3.05, 3.63) is 54.6 Å². The van der Waals surface area contributed by atoms with E-state index in [4.69, 9.17) is 0 Å². The number of sulfonamides is 1. The van der Waals surface area contributed by atoms with Gasteiger partial charge in [0, 0.05) is 12.7 Å². The van der Waals surface area contributed by atoms with E-state index in [0.29, 0.717) is 11.4 Å². The molecule has 0 spiro atoms. The highest BCUT2D eigenvalue weighted by molar-refractivity contribution is 7.92. The predicted octanol–water partition coefficient (Wildman–Crippen LogP) is 3.71. The van der Waals surface area contributed by atoms with Crippen LogP contribution in [0.5, 0.6) is 0 Å². The molecule has 6 nitrogen and oxygen atoms in total. The summed E-state index contributed by atoms with van der Waals surface area (Å²) >= 11 is 0. The first kappa shape index (κ1) is 21.3. The van der Waals surface area contributed by atoms with Gasteiger partial charge in [0.05, 0.1) is 16.6 Å². The Bertz CT molecular complexity index is 929. The van der Waals surface area contributed by atoms with E-state index in [0.717, 1.165) is 38.8 Å². The SMILES string of the molecule is CCCN1CCCCC1C(=O)Nc1cccc(S(=O)(=O)N(C)c2ccccc2)c1. The fraction of sp³-hybridized carbons (Fsp3) is 0.409. The first-order chi connectivity index (χ1) is 13.9. The normalized spacial score (nSPS) is 17.7. The molecule has 7 heteroatoms. The predicted molar refractivity (Wildman–Crippen MR) is 117 cm³/mol. The number of hydrogen-bond acceptors (Lipinski definition) is 4. The summed E-state index contributed by atoms with van der Waals surface area (Å²) in [6.07, 6.45) is 3.99. The minimum Gasteiger partial charge on any atom is -0.325 e. The zero-order valence-corrected chi connectivity index (χ0v) is 17.9. The van der Waals surface area contributed by atoms with E-state index in [-0.39, 0.29) is 16.8 Å². The molecule has 1 heterocycles. The van der Waals surface area contributed by atoms with Crippen LogP contribution in [0.3, 0.4) is 0 Å². The summed E-state index contributed by atoms with van der Waals surface area (Å²) in [5, 5.41) is 2.93. The molecule has 2 aromatic rings. The van der Waals surface area contributed by atoms with Crippen molar-refractivity contribution < 1.29 is 13.2 Å². The van der Waals surface area contributed by atoms with E-state index in [1.54, 1.807) is 42.5 Å². The molecule has 0 radical (unpaired) electrons. The molecule has 0 aromatic heterocycles. The Morgan fingerprint density at radius 2 is 1.90 bits per heavy atom. The Balaban J connectivity index is 1.78. The number of piperidine rings is 1. The number of anilines is 2. The average molecular weight is 416 g/mol. The van der Waals surface area contributed by atoms with Crippen LogP contribution in [0.25, 0.3) is 0 Å². The number of nitrogens with zero attached hydrogens (tertiary/aromatic N) is 2. The minimum atomic E-state index is -3.72. The lowest BCUT2D eigenvalue weighted by Gasteiger charge is -2.34. The number of hydrogen-bond donors (Lipinski definition) is 1. The van der Waals surface area contributed by atoms with Gasteiger partial charge in [0.1, 0.15) is 0 Å². The molecule has 0 bridgehead atoms. The van der Waals surface area contributed by atoms with Gasteiger partial charge in [-0.05, 0) is 62.7 Å². The van der Waals surface area contributed by atoms with E-state index in [1.807, 2.05) is 6.07 Å². The van der Waals surface area contributed by atoms with Gasteiger partial charge < -0.3 is 5.32 Å². The Labute approximate surface area is 173 Å². The van der Waals surface area contributed by atoms with Crippen LogP contribution < -0.4 is 9.62 Å². The maximum atomic E-state index is 13.0. The fourth-order valence-corrected chi connectivity index (χ4v) is 4.98. The Morgan fingerprint density at radius 3 is 2.62 bits per heavy atom. The fourth-order valence-electron chi connectivity index (χ4n) is 3.74. The molecule has 1 aliphatic heterocycles. The molecule has 1 aliphatic rings. The van der Waals surface area contributed by atoms with Crippen LogP contribution in [0.15, 0.2) is 59.5 Å². The number of amides is 1. The molecular weight excluding hydrogens is 386 g/mol. The number of rotatable bonds is 7. The molecule has 1 fully saturated rings. The summed E-state index contributed by atoms with van der Waals surface area (Å²) in [4.78, 5) is 15.2. The van der Waals surface area contributed by atoms with E-state index < -0.39 is 10.0 Å². The smallest absolute Gasteiger partial charge is 0.264 e. The van der Waals surface area contributed by atoms with Gasteiger partial charge in [-0.3, -0.25) is 14.0 Å². The molecule has 2 aromatic carbocycles. The van der Waals surface area contributed by atoms with Gasteiger partial charge in [-0.25, -0.2) is 8.42 Å². The van der Waals surface area contributed by atoms with Gasteiger partial charge in [-0.2, -0.15) is 0 Å². The Kier molecular flexibility index (Phi) is 6.92. The Hall–Kier alpha value is -2.38. The molecule has 3 rings (SSSR count). The van der Waals surface area contributed by atoms with Crippen LogP contribution in [0.1, 0.15) is 32.6 Å². The largest absolute Gasteiger partial charge is 0.325 e. The van der Waals surface area contributed by atoms with Crippen molar-refractivity contribution in [2.45, 2.75) is 43.5 Å². The molecule has 1 saturated heterocycles. The van der Waals surface area contributed by atoms with E-state index >= 15 is 0 Å². The van der Waals surface area contributed by atoms with E-state index in [2.05, 4.69) is 17.1 Å². The third-order valence-corrected chi connectivity index (χ3v) is 7.09. The molecule has 1 amide bonds. The molecule has 1 atom stereocenters. The molecular formula is C22H29N3O3S. The Morgan fingerprint density at radius 1 is 1.14 bits per heavy atom. The monoisotopic (exact) mass is 415 g/mol. The second-order valence-electron chi connectivity index (χ2n) is 7.37. The summed E-state index contributed by atoms with van der Waals surface area (Å²) < 4.78 is 27.3. The number of benzene rings is 2. The number of para-hydroxylation sites is 1. The average Bonchev–Trinajstić information content (AvgIpc) is 2.74. The quantitative estimate of drug-likeness (QED) is 0.748. The van der Waals surface area contributed by atoms with Gasteiger partial charge in [0.25, 0.3) is 10.0 Å². The zero-order chi connectivity index (χ0) is 20.9. The van der Waals surface area contributed by atoms with Crippen molar-refractivity contribution in [2.75, 3.05) is 29.8 Å². The number of nitrogens with one attached hydrogen (secondary N) is 1. The molecule has 29 heavy (non-hydrogen) atoms. The maximum absolute atomic E-state index is 13.0. The third kappa shape index (κ3) is 4.97. The van der Waals surface area contributed by atoms with E-state index in [9.17, 15) is 13.2 Å². The van der Waals surface area contributed by atoms with Crippen LogP contribution in [0.2, 0.25) is 0 Å². The minimum absolute atomic E-state index is 0.0656. The zero-order valence-electron chi connectivity index (χ0n) is 17.0. The highest BCUT2D eigenvalue weighted by Crippen LogP contribution is 2.24. The first-order valence-electron chi connectivity index (χ1n) is 10.1. The van der Waals surface area contributed by atoms with Crippen LogP contribution in [0.4, 0.5) is 11.4 Å². The second-order valence-corrected chi connectivity index (χ2v) is 9.34. The van der Waals surface area contributed by atoms with Crippen LogP contribution >= 0.6 is 0 Å². The number of carbonyl (C=O) groups excluding carboxylic acids is 1. The lowest BCUT2D eigenvalue weighted by Crippen LogP contribution is -2.47. The molecule has 1 N–H and O–H groups in total. The lowest BCUT2D eigenvalue weighted by atomic mass is 10.0. The number of likely N-dealkylation sites (tertiary alicyclic amines) is 1. The summed E-state index contributed by atoms with van der Waals surface area (Å²) in [5.74, 6) is -0.0656. The van der Waals surface area contributed by atoms with Gasteiger partial charge in [-0.1, -0.05) is 37.6 Å². The maximum Gasteiger partial charge on any atom is 0.264 e. The van der Waals surface area contributed by atoms with Crippen LogP contribution in [-0.2, 0) is 14.8 Å². The molecule has 0 aliphatic carbocycles. The topological polar surface area (TPSA) is 69.7 Å². The van der Waals surface area contributed by atoms with Crippen molar-refractivity contribution in [2.24, 2.45) is 0 Å². The third-order valence-electron chi connectivity index (χ3n) is 5.31. The van der Waals surface area contributed by atoms with Gasteiger partial charge in [-0.15, -0.1) is 0 Å². The van der Waals surface area contributed by atoms with Gasteiger partial charge in [0.15, 0.2) is 0 Å². The van der Waals surface area contributed by atoms with Crippen LogP contribution in [-0.4, -0.2) is 45.4 Å². The molecule has 0 saturated carbocycles. The summed E-state index contributed by atoms with van der Waals surface area (Å²) in [6, 6.07) is 15.2. The summed E-state index contributed by atoms with van der Waals surface area (Å²) in [7, 11) is -2.19. The lowest BCUT2D eigenvalue weighted by molar-refractivity contribution is -0.122. The van der Waals surface area contributed by atoms with Crippen molar-refractivity contribution in [3.8, 4) is 0 Å². The summed E-state index contributed by atoms with van der Waals surface area (Å²) in [5.41, 5.74) is 1.08.